The largest absolute Gasteiger partial charge is 0.504 e. The third kappa shape index (κ3) is 3.70. The number of aliphatic hydroxyl groups is 1. The Morgan fingerprint density at radius 3 is 2.50 bits per heavy atom. The molecule has 4 aromatic rings. The predicted octanol–water partition coefficient (Wildman–Crippen LogP) is 4.54. The maximum atomic E-state index is 13.3. The molecule has 0 spiro atoms. The molecule has 0 saturated carbocycles. The zero-order valence-corrected chi connectivity index (χ0v) is 17.3. The summed E-state index contributed by atoms with van der Waals surface area (Å²) in [5.41, 5.74) is 3.15. The summed E-state index contributed by atoms with van der Waals surface area (Å²) in [6.07, 6.45) is 3.98. The van der Waals surface area contributed by atoms with Gasteiger partial charge in [-0.25, -0.2) is 4.79 Å². The molecule has 7 heteroatoms. The van der Waals surface area contributed by atoms with Crippen LogP contribution in [0.5, 0.6) is 5.75 Å². The number of hydrogen-bond donors (Lipinski definition) is 4. The van der Waals surface area contributed by atoms with E-state index in [0.29, 0.717) is 17.4 Å². The molecule has 7 nitrogen and oxygen atoms in total. The summed E-state index contributed by atoms with van der Waals surface area (Å²) in [5.74, 6) is -3.44. The van der Waals surface area contributed by atoms with E-state index in [2.05, 4.69) is 4.98 Å². The van der Waals surface area contributed by atoms with Crippen molar-refractivity contribution in [2.24, 2.45) is 0 Å². The van der Waals surface area contributed by atoms with Gasteiger partial charge in [0.1, 0.15) is 0 Å². The van der Waals surface area contributed by atoms with Crippen molar-refractivity contribution in [3.05, 3.63) is 89.0 Å². The van der Waals surface area contributed by atoms with Crippen molar-refractivity contribution in [3.8, 4) is 16.9 Å². The lowest BCUT2D eigenvalue weighted by atomic mass is 10.0. The first-order valence-corrected chi connectivity index (χ1v) is 9.97. The van der Waals surface area contributed by atoms with Crippen molar-refractivity contribution in [2.75, 3.05) is 6.61 Å². The zero-order valence-electron chi connectivity index (χ0n) is 17.3. The van der Waals surface area contributed by atoms with E-state index in [1.54, 1.807) is 36.4 Å². The Balaban J connectivity index is 1.80. The number of furan rings is 1. The van der Waals surface area contributed by atoms with Gasteiger partial charge in [-0.3, -0.25) is 4.79 Å². The topological polar surface area (TPSA) is 124 Å². The van der Waals surface area contributed by atoms with Gasteiger partial charge in [0.2, 0.25) is 17.3 Å². The molecule has 0 unspecified atom stereocenters. The van der Waals surface area contributed by atoms with Crippen LogP contribution in [0.1, 0.15) is 39.2 Å². The fraction of sp³-hybridized carbons (Fsp3) is 0.120. The van der Waals surface area contributed by atoms with Crippen LogP contribution < -0.4 is 0 Å². The minimum atomic E-state index is -1.38. The maximum Gasteiger partial charge on any atom is 0.372 e. The summed E-state index contributed by atoms with van der Waals surface area (Å²) in [6.45, 7) is 1.80. The van der Waals surface area contributed by atoms with Gasteiger partial charge in [-0.05, 0) is 24.5 Å². The van der Waals surface area contributed by atoms with Crippen LogP contribution in [0.2, 0.25) is 0 Å². The lowest BCUT2D eigenvalue weighted by Gasteiger charge is -2.02. The summed E-state index contributed by atoms with van der Waals surface area (Å²) in [6, 6.07) is 13.9. The van der Waals surface area contributed by atoms with E-state index in [-0.39, 0.29) is 17.7 Å². The number of nitrogens with one attached hydrogen (secondary N) is 1. The van der Waals surface area contributed by atoms with E-state index in [9.17, 15) is 24.9 Å². The van der Waals surface area contributed by atoms with Crippen LogP contribution in [0, 0.1) is 0 Å². The van der Waals surface area contributed by atoms with Crippen LogP contribution >= 0.6 is 0 Å². The Labute approximate surface area is 183 Å². The Bertz CT molecular complexity index is 1340. The molecule has 2 aromatic carbocycles. The number of aromatic nitrogens is 1. The molecule has 4 N–H and O–H groups in total. The zero-order chi connectivity index (χ0) is 22.8. The van der Waals surface area contributed by atoms with Gasteiger partial charge in [0.25, 0.3) is 0 Å². The fourth-order valence-electron chi connectivity index (χ4n) is 3.65. The number of aliphatic hydroxyl groups excluding tert-OH is 1. The number of hydrogen-bond acceptors (Lipinski definition) is 5. The molecule has 2 aromatic heterocycles. The normalized spacial score (nSPS) is 11.8. The standard InChI is InChI=1S/C25H21NO6/c1-14(13-27)10-11-16-8-5-9-17-18(12-26-20(16)17)21(28)24-22(29)19(23(32-24)25(30)31)15-6-3-2-4-7-15/h2-10,12,26-27,29H,11,13H2,1H3,(H,30,31)/b14-10-. The second-order valence-electron chi connectivity index (χ2n) is 7.44. The van der Waals surface area contributed by atoms with Gasteiger partial charge in [0.05, 0.1) is 17.7 Å². The van der Waals surface area contributed by atoms with Gasteiger partial charge >= 0.3 is 5.97 Å². The molecule has 0 fully saturated rings. The number of fused-ring (bicyclic) bond motifs is 1. The third-order valence-corrected chi connectivity index (χ3v) is 5.31. The number of rotatable bonds is 7. The highest BCUT2D eigenvalue weighted by atomic mass is 16.4. The van der Waals surface area contributed by atoms with E-state index in [1.165, 1.54) is 6.20 Å². The van der Waals surface area contributed by atoms with Crippen LogP contribution in [-0.4, -0.2) is 38.7 Å². The molecule has 162 valence electrons. The van der Waals surface area contributed by atoms with Gasteiger partial charge < -0.3 is 24.7 Å². The number of benzene rings is 2. The number of allylic oxidation sites excluding steroid dienone is 1. The van der Waals surface area contributed by atoms with E-state index >= 15 is 0 Å². The van der Waals surface area contributed by atoms with Crippen molar-refractivity contribution in [3.63, 3.8) is 0 Å². The highest BCUT2D eigenvalue weighted by Crippen LogP contribution is 2.40. The molecule has 0 aliphatic carbocycles. The van der Waals surface area contributed by atoms with E-state index in [0.717, 1.165) is 16.7 Å². The lowest BCUT2D eigenvalue weighted by molar-refractivity contribution is 0.0661. The van der Waals surface area contributed by atoms with Gasteiger partial charge in [-0.1, -0.05) is 60.2 Å². The number of ketones is 1. The quantitative estimate of drug-likeness (QED) is 0.252. The average Bonchev–Trinajstić information content (AvgIpc) is 3.39. The smallest absolute Gasteiger partial charge is 0.372 e. The van der Waals surface area contributed by atoms with E-state index in [1.807, 2.05) is 25.1 Å². The highest BCUT2D eigenvalue weighted by molar-refractivity contribution is 6.18. The van der Waals surface area contributed by atoms with Crippen LogP contribution in [0.4, 0.5) is 0 Å². The lowest BCUT2D eigenvalue weighted by Crippen LogP contribution is -1.99. The summed E-state index contributed by atoms with van der Waals surface area (Å²) in [5, 5.41) is 30.2. The number of aromatic hydroxyl groups is 1. The number of para-hydroxylation sites is 1. The van der Waals surface area contributed by atoms with Gasteiger partial charge in [-0.15, -0.1) is 0 Å². The summed E-state index contributed by atoms with van der Waals surface area (Å²) in [7, 11) is 0. The van der Waals surface area contributed by atoms with Crippen LogP contribution in [0.25, 0.3) is 22.0 Å². The molecule has 2 heterocycles. The monoisotopic (exact) mass is 431 g/mol. The summed E-state index contributed by atoms with van der Waals surface area (Å²) < 4.78 is 5.37. The number of carboxylic acid groups (broad SMARTS) is 1. The SMILES string of the molecule is C/C(=C/Cc1cccc2c(C(=O)c3oc(C(=O)O)c(-c4ccccc4)c3O)c[nH]c12)CO. The van der Waals surface area contributed by atoms with Gasteiger partial charge in [0, 0.05) is 17.1 Å². The minimum absolute atomic E-state index is 0.0299. The van der Waals surface area contributed by atoms with Crippen molar-refractivity contribution in [1.29, 1.82) is 0 Å². The molecule has 0 aliphatic heterocycles. The molecule has 0 amide bonds. The molecule has 0 saturated heterocycles. The average molecular weight is 431 g/mol. The van der Waals surface area contributed by atoms with Crippen LogP contribution in [0.15, 0.2) is 70.8 Å². The van der Waals surface area contributed by atoms with Gasteiger partial charge in [0.15, 0.2) is 5.75 Å². The number of aromatic amines is 1. The highest BCUT2D eigenvalue weighted by Gasteiger charge is 2.31. The number of aromatic carboxylic acids is 1. The van der Waals surface area contributed by atoms with E-state index in [4.69, 9.17) is 4.42 Å². The van der Waals surface area contributed by atoms with Crippen molar-refractivity contribution < 1.29 is 29.3 Å². The molecule has 32 heavy (non-hydrogen) atoms. The van der Waals surface area contributed by atoms with Crippen molar-refractivity contribution in [2.45, 2.75) is 13.3 Å². The fourth-order valence-corrected chi connectivity index (χ4v) is 3.65. The Kier molecular flexibility index (Phi) is 5.66. The van der Waals surface area contributed by atoms with Crippen LogP contribution in [-0.2, 0) is 6.42 Å². The number of carbonyl (C=O) groups excluding carboxylic acids is 1. The second-order valence-corrected chi connectivity index (χ2v) is 7.44. The molecule has 0 atom stereocenters. The number of carbonyl (C=O) groups is 2. The predicted molar refractivity (Wildman–Crippen MR) is 119 cm³/mol. The van der Waals surface area contributed by atoms with E-state index < -0.39 is 29.0 Å². The van der Waals surface area contributed by atoms with Crippen molar-refractivity contribution >= 4 is 22.7 Å². The first-order valence-electron chi connectivity index (χ1n) is 9.97. The number of carboxylic acids is 1. The Morgan fingerprint density at radius 1 is 1.06 bits per heavy atom. The second kappa shape index (κ2) is 8.56. The Hall–Kier alpha value is -4.10. The Morgan fingerprint density at radius 2 is 1.81 bits per heavy atom. The summed E-state index contributed by atoms with van der Waals surface area (Å²) in [4.78, 5) is 28.1. The first kappa shape index (κ1) is 21.1. The molecule has 0 bridgehead atoms. The molecular weight excluding hydrogens is 410 g/mol. The van der Waals surface area contributed by atoms with Crippen molar-refractivity contribution in [1.82, 2.24) is 4.98 Å². The molecule has 0 radical (unpaired) electrons. The number of H-pyrrole nitrogens is 1. The minimum Gasteiger partial charge on any atom is -0.504 e. The van der Waals surface area contributed by atoms with Gasteiger partial charge in [-0.2, -0.15) is 0 Å². The summed E-state index contributed by atoms with van der Waals surface area (Å²) >= 11 is 0. The van der Waals surface area contributed by atoms with Crippen LogP contribution in [0.3, 0.4) is 0 Å². The molecular formula is C25H21NO6. The first-order chi connectivity index (χ1) is 15.4. The molecule has 0 aliphatic rings. The molecule has 4 rings (SSSR count). The third-order valence-electron chi connectivity index (χ3n) is 5.31. The maximum absolute atomic E-state index is 13.3.